The first-order chi connectivity index (χ1) is 8.99. The summed E-state index contributed by atoms with van der Waals surface area (Å²) in [5, 5.41) is 13.0. The van der Waals surface area contributed by atoms with Crippen molar-refractivity contribution < 1.29 is 14.3 Å². The van der Waals surface area contributed by atoms with Crippen molar-refractivity contribution in [1.82, 2.24) is 9.78 Å². The van der Waals surface area contributed by atoms with Crippen LogP contribution in [0.3, 0.4) is 0 Å². The van der Waals surface area contributed by atoms with Crippen molar-refractivity contribution in [1.29, 1.82) is 0 Å². The van der Waals surface area contributed by atoms with Crippen LogP contribution in [0.4, 0.5) is 4.39 Å². The molecule has 0 bridgehead atoms. The molecule has 2 aromatic rings. The van der Waals surface area contributed by atoms with Gasteiger partial charge in [-0.25, -0.2) is 4.39 Å². The van der Waals surface area contributed by atoms with Crippen LogP contribution < -0.4 is 0 Å². The van der Waals surface area contributed by atoms with Gasteiger partial charge in [-0.05, 0) is 31.5 Å². The molecule has 0 radical (unpaired) electrons. The van der Waals surface area contributed by atoms with E-state index in [0.717, 1.165) is 22.5 Å². The van der Waals surface area contributed by atoms with Crippen molar-refractivity contribution in [3.05, 3.63) is 41.5 Å². The third kappa shape index (κ3) is 2.81. The largest absolute Gasteiger partial charge is 0.481 e. The normalized spacial score (nSPS) is 10.7. The Morgan fingerprint density at radius 2 is 2.16 bits per heavy atom. The number of carbonyl (C=O) groups is 1. The second kappa shape index (κ2) is 5.22. The van der Waals surface area contributed by atoms with Crippen molar-refractivity contribution in [2.24, 2.45) is 0 Å². The standard InChI is InChI=1S/C14H15FN2O2/c1-9-14(11-4-3-5-12(15)8-11)10(2)17(16-9)7-6-13(18)19/h3-5,8H,6-7H2,1-2H3,(H,18,19). The highest BCUT2D eigenvalue weighted by Crippen LogP contribution is 2.27. The fourth-order valence-corrected chi connectivity index (χ4v) is 2.18. The number of hydrogen-bond donors (Lipinski definition) is 1. The van der Waals surface area contributed by atoms with Gasteiger partial charge < -0.3 is 5.11 Å². The molecule has 1 heterocycles. The van der Waals surface area contributed by atoms with E-state index in [1.165, 1.54) is 12.1 Å². The maximum absolute atomic E-state index is 13.3. The molecule has 0 unspecified atom stereocenters. The van der Waals surface area contributed by atoms with Crippen molar-refractivity contribution in [3.8, 4) is 11.1 Å². The van der Waals surface area contributed by atoms with Gasteiger partial charge in [-0.3, -0.25) is 9.48 Å². The van der Waals surface area contributed by atoms with Crippen molar-refractivity contribution in [2.75, 3.05) is 0 Å². The van der Waals surface area contributed by atoms with Gasteiger partial charge >= 0.3 is 5.97 Å². The zero-order valence-corrected chi connectivity index (χ0v) is 10.9. The van der Waals surface area contributed by atoms with Crippen molar-refractivity contribution in [3.63, 3.8) is 0 Å². The number of carboxylic acids is 1. The summed E-state index contributed by atoms with van der Waals surface area (Å²) in [6.45, 7) is 4.02. The van der Waals surface area contributed by atoms with Gasteiger partial charge in [-0.1, -0.05) is 12.1 Å². The lowest BCUT2D eigenvalue weighted by Gasteiger charge is -2.04. The number of nitrogens with zero attached hydrogens (tertiary/aromatic N) is 2. The third-order valence-electron chi connectivity index (χ3n) is 3.03. The number of rotatable bonds is 4. The Morgan fingerprint density at radius 1 is 1.42 bits per heavy atom. The minimum atomic E-state index is -0.861. The molecule has 5 heteroatoms. The minimum absolute atomic E-state index is 0.0184. The summed E-state index contributed by atoms with van der Waals surface area (Å²) >= 11 is 0. The van der Waals surface area contributed by atoms with Crippen LogP contribution in [0.1, 0.15) is 17.8 Å². The predicted molar refractivity (Wildman–Crippen MR) is 69.3 cm³/mol. The first kappa shape index (κ1) is 13.3. The Kier molecular flexibility index (Phi) is 3.64. The lowest BCUT2D eigenvalue weighted by Crippen LogP contribution is -2.07. The van der Waals surface area contributed by atoms with Gasteiger partial charge in [-0.2, -0.15) is 5.10 Å². The van der Waals surface area contributed by atoms with Gasteiger partial charge in [0.2, 0.25) is 0 Å². The fraction of sp³-hybridized carbons (Fsp3) is 0.286. The van der Waals surface area contributed by atoms with Crippen LogP contribution in [0.15, 0.2) is 24.3 Å². The molecular weight excluding hydrogens is 247 g/mol. The summed E-state index contributed by atoms with van der Waals surface area (Å²) in [5.74, 6) is -1.16. The lowest BCUT2D eigenvalue weighted by molar-refractivity contribution is -0.137. The molecule has 0 atom stereocenters. The van der Waals surface area contributed by atoms with Crippen LogP contribution in [0, 0.1) is 19.7 Å². The number of aromatic nitrogens is 2. The van der Waals surface area contributed by atoms with E-state index in [0.29, 0.717) is 6.54 Å². The van der Waals surface area contributed by atoms with Crippen LogP contribution in [0.2, 0.25) is 0 Å². The van der Waals surface area contributed by atoms with Gasteiger partial charge in [0, 0.05) is 11.3 Å². The number of aryl methyl sites for hydroxylation is 2. The molecule has 19 heavy (non-hydrogen) atoms. The molecule has 0 aliphatic heterocycles. The molecule has 0 saturated heterocycles. The molecule has 0 aliphatic rings. The summed E-state index contributed by atoms with van der Waals surface area (Å²) in [5.41, 5.74) is 3.25. The Balaban J connectivity index is 2.39. The van der Waals surface area contributed by atoms with E-state index in [1.807, 2.05) is 19.9 Å². The zero-order chi connectivity index (χ0) is 14.0. The summed E-state index contributed by atoms with van der Waals surface area (Å²) in [7, 11) is 0. The molecular formula is C14H15FN2O2. The smallest absolute Gasteiger partial charge is 0.305 e. The van der Waals surface area contributed by atoms with Crippen molar-refractivity contribution in [2.45, 2.75) is 26.8 Å². The fourth-order valence-electron chi connectivity index (χ4n) is 2.18. The molecule has 0 fully saturated rings. The monoisotopic (exact) mass is 262 g/mol. The highest BCUT2D eigenvalue weighted by Gasteiger charge is 2.14. The number of hydrogen-bond acceptors (Lipinski definition) is 2. The Morgan fingerprint density at radius 3 is 2.79 bits per heavy atom. The summed E-state index contributed by atoms with van der Waals surface area (Å²) < 4.78 is 14.9. The van der Waals surface area contributed by atoms with Crippen LogP contribution in [0.25, 0.3) is 11.1 Å². The summed E-state index contributed by atoms with van der Waals surface area (Å²) in [4.78, 5) is 10.6. The van der Waals surface area contributed by atoms with E-state index in [1.54, 1.807) is 10.7 Å². The molecule has 1 aromatic carbocycles. The number of carboxylic acid groups (broad SMARTS) is 1. The topological polar surface area (TPSA) is 55.1 Å². The molecule has 2 rings (SSSR count). The average molecular weight is 262 g/mol. The van der Waals surface area contributed by atoms with E-state index < -0.39 is 5.97 Å². The number of benzene rings is 1. The number of aliphatic carboxylic acids is 1. The predicted octanol–water partition coefficient (Wildman–Crippen LogP) is 2.78. The van der Waals surface area contributed by atoms with Crippen LogP contribution >= 0.6 is 0 Å². The average Bonchev–Trinajstić information content (AvgIpc) is 2.62. The minimum Gasteiger partial charge on any atom is -0.481 e. The van der Waals surface area contributed by atoms with E-state index in [4.69, 9.17) is 5.11 Å². The van der Waals surface area contributed by atoms with Crippen LogP contribution in [0.5, 0.6) is 0 Å². The molecule has 0 amide bonds. The van der Waals surface area contributed by atoms with Crippen LogP contribution in [-0.4, -0.2) is 20.9 Å². The van der Waals surface area contributed by atoms with Gasteiger partial charge in [0.15, 0.2) is 0 Å². The SMILES string of the molecule is Cc1nn(CCC(=O)O)c(C)c1-c1cccc(F)c1. The maximum atomic E-state index is 13.3. The second-order valence-corrected chi connectivity index (χ2v) is 4.42. The molecule has 1 aromatic heterocycles. The van der Waals surface area contributed by atoms with E-state index in [-0.39, 0.29) is 12.2 Å². The van der Waals surface area contributed by atoms with Gasteiger partial charge in [0.1, 0.15) is 5.82 Å². The second-order valence-electron chi connectivity index (χ2n) is 4.42. The molecule has 100 valence electrons. The van der Waals surface area contributed by atoms with E-state index in [9.17, 15) is 9.18 Å². The molecule has 0 spiro atoms. The first-order valence-corrected chi connectivity index (χ1v) is 6.01. The van der Waals surface area contributed by atoms with E-state index >= 15 is 0 Å². The first-order valence-electron chi connectivity index (χ1n) is 6.01. The third-order valence-corrected chi connectivity index (χ3v) is 3.03. The van der Waals surface area contributed by atoms with Crippen molar-refractivity contribution >= 4 is 5.97 Å². The highest BCUT2D eigenvalue weighted by atomic mass is 19.1. The zero-order valence-electron chi connectivity index (χ0n) is 10.9. The van der Waals surface area contributed by atoms with Crippen LogP contribution in [-0.2, 0) is 11.3 Å². The number of halogens is 1. The van der Waals surface area contributed by atoms with Gasteiger partial charge in [0.05, 0.1) is 18.7 Å². The molecule has 0 aliphatic carbocycles. The summed E-state index contributed by atoms with van der Waals surface area (Å²) in [6, 6.07) is 6.32. The maximum Gasteiger partial charge on any atom is 0.305 e. The highest BCUT2D eigenvalue weighted by molar-refractivity contribution is 5.69. The lowest BCUT2D eigenvalue weighted by atomic mass is 10.0. The van der Waals surface area contributed by atoms with E-state index in [2.05, 4.69) is 5.10 Å². The van der Waals surface area contributed by atoms with Gasteiger partial charge in [0.25, 0.3) is 0 Å². The molecule has 1 N–H and O–H groups in total. The summed E-state index contributed by atoms with van der Waals surface area (Å²) in [6.07, 6.45) is 0.0184. The van der Waals surface area contributed by atoms with Gasteiger partial charge in [-0.15, -0.1) is 0 Å². The molecule has 0 saturated carbocycles. The Hall–Kier alpha value is -2.17. The molecule has 4 nitrogen and oxygen atoms in total. The Labute approximate surface area is 110 Å². The Bertz CT molecular complexity index is 620. The quantitative estimate of drug-likeness (QED) is 0.921.